The summed E-state index contributed by atoms with van der Waals surface area (Å²) in [4.78, 5) is 10.7. The number of carbonyl (C=O) groups excluding carboxylic acids is 1. The molecule has 0 spiro atoms. The maximum Gasteiger partial charge on any atom is 0.307 e. The van der Waals surface area contributed by atoms with E-state index < -0.39 is 21.8 Å². The van der Waals surface area contributed by atoms with Crippen LogP contribution in [0.5, 0.6) is 0 Å². The van der Waals surface area contributed by atoms with Gasteiger partial charge in [-0.15, -0.1) is 0 Å². The average Bonchev–Trinajstić information content (AvgIpc) is 1.99. The molecule has 0 aromatic carbocycles. The van der Waals surface area contributed by atoms with Gasteiger partial charge in [0.15, 0.2) is 0 Å². The van der Waals surface area contributed by atoms with Gasteiger partial charge in [-0.3, -0.25) is 4.79 Å². The number of nitrogens with two attached hydrogens (primary N) is 1. The van der Waals surface area contributed by atoms with Crippen molar-refractivity contribution in [3.63, 3.8) is 0 Å². The van der Waals surface area contributed by atoms with Gasteiger partial charge in [-0.2, -0.15) is 0 Å². The third kappa shape index (κ3) is 7.73. The van der Waals surface area contributed by atoms with Gasteiger partial charge < -0.3 is 10.5 Å². The van der Waals surface area contributed by atoms with Gasteiger partial charge in [0, 0.05) is 12.3 Å². The molecule has 5 nitrogen and oxygen atoms in total. The largest absolute Gasteiger partial charge is 0.469 e. The number of carbonyl (C=O) groups is 1. The predicted molar refractivity (Wildman–Crippen MR) is 48.9 cm³/mol. The quantitative estimate of drug-likeness (QED) is 0.606. The van der Waals surface area contributed by atoms with Crippen molar-refractivity contribution in [1.29, 1.82) is 0 Å². The van der Waals surface area contributed by atoms with Gasteiger partial charge >= 0.3 is 5.97 Å². The standard InChI is InChI=1S/C7H15NO4S/c1-12-7(9)5-6(8)3-4-13(2,10)11/h6H,3-5,8H2,1-2H3/t6-/m1/s1. The van der Waals surface area contributed by atoms with E-state index >= 15 is 0 Å². The number of methoxy groups -OCH3 is 1. The van der Waals surface area contributed by atoms with E-state index in [9.17, 15) is 13.2 Å². The highest BCUT2D eigenvalue weighted by atomic mass is 32.2. The first kappa shape index (κ1) is 12.4. The summed E-state index contributed by atoms with van der Waals surface area (Å²) < 4.78 is 25.8. The Bertz CT molecular complexity index is 260. The molecule has 0 saturated carbocycles. The van der Waals surface area contributed by atoms with Gasteiger partial charge in [0.1, 0.15) is 9.84 Å². The lowest BCUT2D eigenvalue weighted by atomic mass is 10.2. The van der Waals surface area contributed by atoms with Crippen molar-refractivity contribution < 1.29 is 17.9 Å². The van der Waals surface area contributed by atoms with Crippen LogP contribution in [0.1, 0.15) is 12.8 Å². The van der Waals surface area contributed by atoms with Crippen molar-refractivity contribution in [2.45, 2.75) is 18.9 Å². The van der Waals surface area contributed by atoms with Gasteiger partial charge in [0.05, 0.1) is 19.3 Å². The van der Waals surface area contributed by atoms with E-state index in [0.717, 1.165) is 6.26 Å². The summed E-state index contributed by atoms with van der Waals surface area (Å²) in [6.07, 6.45) is 1.48. The summed E-state index contributed by atoms with van der Waals surface area (Å²) in [5.41, 5.74) is 5.49. The SMILES string of the molecule is COC(=O)C[C@H](N)CCS(C)(=O)=O. The molecule has 6 heteroatoms. The molecule has 0 rings (SSSR count). The molecule has 0 unspecified atom stereocenters. The molecule has 0 radical (unpaired) electrons. The Labute approximate surface area is 78.2 Å². The topological polar surface area (TPSA) is 86.5 Å². The zero-order chi connectivity index (χ0) is 10.5. The van der Waals surface area contributed by atoms with Crippen LogP contribution < -0.4 is 5.73 Å². The van der Waals surface area contributed by atoms with Crippen LogP contribution >= 0.6 is 0 Å². The lowest BCUT2D eigenvalue weighted by Crippen LogP contribution is -2.27. The molecule has 1 atom stereocenters. The highest BCUT2D eigenvalue weighted by Crippen LogP contribution is 1.99. The summed E-state index contributed by atoms with van der Waals surface area (Å²) in [6.45, 7) is 0. The maximum atomic E-state index is 10.7. The molecule has 0 amide bonds. The number of hydrogen-bond acceptors (Lipinski definition) is 5. The molecule has 0 aliphatic carbocycles. The molecule has 0 saturated heterocycles. The second-order valence-corrected chi connectivity index (χ2v) is 5.22. The van der Waals surface area contributed by atoms with Crippen LogP contribution in [0.3, 0.4) is 0 Å². The van der Waals surface area contributed by atoms with Crippen molar-refractivity contribution in [2.75, 3.05) is 19.1 Å². The number of sulfone groups is 1. The Morgan fingerprint density at radius 3 is 2.46 bits per heavy atom. The van der Waals surface area contributed by atoms with Gasteiger partial charge in [-0.25, -0.2) is 8.42 Å². The first-order valence-corrected chi connectivity index (χ1v) is 5.91. The minimum Gasteiger partial charge on any atom is -0.469 e. The van der Waals surface area contributed by atoms with Crippen LogP contribution in [0.2, 0.25) is 0 Å². The first-order valence-electron chi connectivity index (χ1n) is 3.85. The molecule has 0 bridgehead atoms. The van der Waals surface area contributed by atoms with Gasteiger partial charge in [0.2, 0.25) is 0 Å². The van der Waals surface area contributed by atoms with Crippen LogP contribution in [0.25, 0.3) is 0 Å². The smallest absolute Gasteiger partial charge is 0.307 e. The number of rotatable bonds is 5. The lowest BCUT2D eigenvalue weighted by molar-refractivity contribution is -0.141. The number of esters is 1. The molecule has 13 heavy (non-hydrogen) atoms. The van der Waals surface area contributed by atoms with Gasteiger partial charge in [-0.05, 0) is 6.42 Å². The minimum atomic E-state index is -2.99. The molecule has 0 heterocycles. The first-order chi connectivity index (χ1) is 5.85. The summed E-state index contributed by atoms with van der Waals surface area (Å²) in [5.74, 6) is -0.411. The van der Waals surface area contributed by atoms with Crippen molar-refractivity contribution in [3.05, 3.63) is 0 Å². The monoisotopic (exact) mass is 209 g/mol. The molecule has 0 aliphatic heterocycles. The van der Waals surface area contributed by atoms with Crippen LogP contribution in [0.15, 0.2) is 0 Å². The zero-order valence-corrected chi connectivity index (χ0v) is 8.63. The number of ether oxygens (including phenoxy) is 1. The fraction of sp³-hybridized carbons (Fsp3) is 0.857. The Kier molecular flexibility index (Phi) is 4.94. The van der Waals surface area contributed by atoms with Crippen LogP contribution in [-0.2, 0) is 19.4 Å². The second-order valence-electron chi connectivity index (χ2n) is 2.96. The van der Waals surface area contributed by atoms with E-state index in [-0.39, 0.29) is 18.6 Å². The van der Waals surface area contributed by atoms with Crippen molar-refractivity contribution in [2.24, 2.45) is 5.73 Å². The summed E-state index contributed by atoms with van der Waals surface area (Å²) >= 11 is 0. The second kappa shape index (κ2) is 5.18. The van der Waals surface area contributed by atoms with Crippen molar-refractivity contribution >= 4 is 15.8 Å². The Morgan fingerprint density at radius 1 is 1.54 bits per heavy atom. The summed E-state index contributed by atoms with van der Waals surface area (Å²) in [5, 5.41) is 0. The highest BCUT2D eigenvalue weighted by Gasteiger charge is 2.12. The molecule has 0 aromatic rings. The third-order valence-electron chi connectivity index (χ3n) is 1.52. The minimum absolute atomic E-state index is 0.00512. The zero-order valence-electron chi connectivity index (χ0n) is 7.82. The lowest BCUT2D eigenvalue weighted by Gasteiger charge is -2.08. The average molecular weight is 209 g/mol. The van der Waals surface area contributed by atoms with Crippen LogP contribution in [-0.4, -0.2) is 39.5 Å². The van der Waals surface area contributed by atoms with Gasteiger partial charge in [-0.1, -0.05) is 0 Å². The van der Waals surface area contributed by atoms with Crippen LogP contribution in [0, 0.1) is 0 Å². The third-order valence-corrected chi connectivity index (χ3v) is 2.49. The van der Waals surface area contributed by atoms with Crippen molar-refractivity contribution in [1.82, 2.24) is 0 Å². The molecule has 78 valence electrons. The fourth-order valence-electron chi connectivity index (χ4n) is 0.765. The van der Waals surface area contributed by atoms with Crippen LogP contribution in [0.4, 0.5) is 0 Å². The summed E-state index contributed by atoms with van der Waals surface area (Å²) in [7, 11) is -1.72. The molecule has 0 aliphatic rings. The highest BCUT2D eigenvalue weighted by molar-refractivity contribution is 7.90. The van der Waals surface area contributed by atoms with E-state index in [1.54, 1.807) is 0 Å². The molecule has 2 N–H and O–H groups in total. The predicted octanol–water partition coefficient (Wildman–Crippen LogP) is -0.688. The molecule has 0 aromatic heterocycles. The Balaban J connectivity index is 3.76. The number of hydrogen-bond donors (Lipinski definition) is 1. The molecule has 0 fully saturated rings. The molecular formula is C7H15NO4S. The van der Waals surface area contributed by atoms with Crippen molar-refractivity contribution in [3.8, 4) is 0 Å². The van der Waals surface area contributed by atoms with E-state index in [1.165, 1.54) is 7.11 Å². The molecular weight excluding hydrogens is 194 g/mol. The van der Waals surface area contributed by atoms with E-state index in [2.05, 4.69) is 4.74 Å². The normalized spacial score (nSPS) is 13.8. The van der Waals surface area contributed by atoms with Gasteiger partial charge in [0.25, 0.3) is 0 Å². The maximum absolute atomic E-state index is 10.7. The summed E-state index contributed by atoms with van der Waals surface area (Å²) in [6, 6.07) is -0.442. The Hall–Kier alpha value is -0.620. The van der Waals surface area contributed by atoms with E-state index in [4.69, 9.17) is 5.73 Å². The Morgan fingerprint density at radius 2 is 2.08 bits per heavy atom. The van der Waals surface area contributed by atoms with E-state index in [1.807, 2.05) is 0 Å². The van der Waals surface area contributed by atoms with E-state index in [0.29, 0.717) is 0 Å². The fourth-order valence-corrected chi connectivity index (χ4v) is 1.50.